The van der Waals surface area contributed by atoms with E-state index in [1.54, 1.807) is 31.2 Å². The first-order valence-corrected chi connectivity index (χ1v) is 12.8. The molecule has 0 saturated heterocycles. The number of aromatic nitrogens is 1. The zero-order valence-corrected chi connectivity index (χ0v) is 23.2. The Labute approximate surface area is 231 Å². The third-order valence-electron chi connectivity index (χ3n) is 5.52. The summed E-state index contributed by atoms with van der Waals surface area (Å²) in [4.78, 5) is 19.1. The normalized spacial score (nSPS) is 15.5. The van der Waals surface area contributed by atoms with Crippen LogP contribution in [0.5, 0.6) is 17.4 Å². The van der Waals surface area contributed by atoms with Crippen molar-refractivity contribution in [2.45, 2.75) is 46.5 Å². The van der Waals surface area contributed by atoms with Gasteiger partial charge in [-0.15, -0.1) is 0 Å². The number of pyridine rings is 1. The van der Waals surface area contributed by atoms with Crippen LogP contribution < -0.4 is 14.4 Å². The molecule has 39 heavy (non-hydrogen) atoms. The summed E-state index contributed by atoms with van der Waals surface area (Å²) in [7, 11) is 1.18. The van der Waals surface area contributed by atoms with Crippen LogP contribution in [-0.4, -0.2) is 42.1 Å². The Kier molecular flexibility index (Phi) is 9.91. The summed E-state index contributed by atoms with van der Waals surface area (Å²) in [6.07, 6.45) is 5.71. The Bertz CT molecular complexity index is 1290. The number of amides is 2. The summed E-state index contributed by atoms with van der Waals surface area (Å²) in [5, 5.41) is -0.165. The van der Waals surface area contributed by atoms with Crippen LogP contribution in [0.3, 0.4) is 0 Å². The average Bonchev–Trinajstić information content (AvgIpc) is 2.87. The van der Waals surface area contributed by atoms with Gasteiger partial charge in [0.15, 0.2) is 23.1 Å². The summed E-state index contributed by atoms with van der Waals surface area (Å²) < 4.78 is 60.9. The number of hydrogen-bond acceptors (Lipinski definition) is 5. The SMILES string of the molecule is CCC=C(COc1ccccc1Oc1nc(N2C(=O)N(C)C(C(C)(F)F)=CC2=CCC)c(F)cc1Cl)OCC. The topological polar surface area (TPSA) is 64.1 Å². The van der Waals surface area contributed by atoms with Gasteiger partial charge in [0.2, 0.25) is 5.88 Å². The van der Waals surface area contributed by atoms with Gasteiger partial charge in [-0.1, -0.05) is 43.7 Å². The number of carbonyl (C=O) groups is 1. The summed E-state index contributed by atoms with van der Waals surface area (Å²) in [5.41, 5.74) is -0.476. The lowest BCUT2D eigenvalue weighted by molar-refractivity contribution is 0.0394. The number of ether oxygens (including phenoxy) is 3. The third kappa shape index (κ3) is 7.06. The molecule has 1 aliphatic heterocycles. The number of alkyl halides is 2. The van der Waals surface area contributed by atoms with Gasteiger partial charge in [-0.25, -0.2) is 22.9 Å². The Hall–Kier alpha value is -3.66. The minimum absolute atomic E-state index is 0.0479. The molecular weight excluding hydrogens is 535 g/mol. The van der Waals surface area contributed by atoms with Crippen molar-refractivity contribution >= 4 is 23.4 Å². The van der Waals surface area contributed by atoms with Gasteiger partial charge in [-0.2, -0.15) is 4.98 Å². The monoisotopic (exact) mass is 565 g/mol. The molecule has 0 N–H and O–H groups in total. The van der Waals surface area contributed by atoms with Gasteiger partial charge < -0.3 is 14.2 Å². The number of para-hydroxylation sites is 2. The van der Waals surface area contributed by atoms with Crippen molar-refractivity contribution < 1.29 is 32.2 Å². The molecule has 0 saturated carbocycles. The van der Waals surface area contributed by atoms with Crippen LogP contribution in [0.15, 0.2) is 65.7 Å². The second-order valence-electron chi connectivity index (χ2n) is 8.56. The highest BCUT2D eigenvalue weighted by atomic mass is 35.5. The van der Waals surface area contributed by atoms with Crippen LogP contribution in [-0.2, 0) is 4.74 Å². The van der Waals surface area contributed by atoms with Crippen molar-refractivity contribution in [3.8, 4) is 17.4 Å². The fourth-order valence-electron chi connectivity index (χ4n) is 3.81. The summed E-state index contributed by atoms with van der Waals surface area (Å²) in [5.74, 6) is -3.67. The van der Waals surface area contributed by atoms with E-state index >= 15 is 4.39 Å². The van der Waals surface area contributed by atoms with Crippen molar-refractivity contribution in [3.05, 3.63) is 76.6 Å². The highest BCUT2D eigenvalue weighted by Crippen LogP contribution is 2.39. The molecule has 7 nitrogen and oxygen atoms in total. The fraction of sp³-hybridized carbons (Fsp3) is 0.357. The Balaban J connectivity index is 2.00. The molecule has 1 aromatic carbocycles. The van der Waals surface area contributed by atoms with E-state index in [1.807, 2.05) is 19.9 Å². The predicted octanol–water partition coefficient (Wildman–Crippen LogP) is 8.08. The molecule has 2 heterocycles. The van der Waals surface area contributed by atoms with E-state index in [1.165, 1.54) is 13.1 Å². The zero-order chi connectivity index (χ0) is 28.7. The number of halogens is 4. The number of carbonyl (C=O) groups excluding carboxylic acids is 1. The maximum atomic E-state index is 15.2. The standard InChI is InChI=1S/C28H31ClF3N3O4/c1-6-11-18-15-24(28(4,31)32)34(5)27(36)35(18)25-21(30)16-20(29)26(33-25)39-23-14-10-9-13-22(23)38-17-19(12-7-2)37-8-3/h9-16H,6-8,17H2,1-5H3. The lowest BCUT2D eigenvalue weighted by Gasteiger charge is -2.36. The summed E-state index contributed by atoms with van der Waals surface area (Å²) >= 11 is 6.26. The Morgan fingerprint density at radius 3 is 2.46 bits per heavy atom. The third-order valence-corrected chi connectivity index (χ3v) is 5.79. The van der Waals surface area contributed by atoms with E-state index in [9.17, 15) is 13.6 Å². The molecule has 0 fully saturated rings. The number of nitrogens with zero attached hydrogens (tertiary/aromatic N) is 3. The van der Waals surface area contributed by atoms with Gasteiger partial charge in [-0.05, 0) is 44.1 Å². The van der Waals surface area contributed by atoms with E-state index in [0.29, 0.717) is 31.5 Å². The average molecular weight is 566 g/mol. The van der Waals surface area contributed by atoms with Crippen LogP contribution in [0.2, 0.25) is 5.02 Å². The first kappa shape index (κ1) is 29.9. The molecule has 11 heteroatoms. The van der Waals surface area contributed by atoms with Crippen molar-refractivity contribution in [2.24, 2.45) is 0 Å². The number of benzene rings is 1. The maximum Gasteiger partial charge on any atom is 0.334 e. The number of hydrogen-bond donors (Lipinski definition) is 0. The number of urea groups is 1. The molecule has 0 unspecified atom stereocenters. The molecule has 0 radical (unpaired) electrons. The molecule has 3 rings (SSSR count). The van der Waals surface area contributed by atoms with E-state index in [0.717, 1.165) is 28.4 Å². The van der Waals surface area contributed by atoms with Gasteiger partial charge in [0, 0.05) is 20.0 Å². The van der Waals surface area contributed by atoms with Crippen LogP contribution >= 0.6 is 11.6 Å². The number of rotatable bonds is 11. The smallest absolute Gasteiger partial charge is 0.334 e. The molecule has 210 valence electrons. The fourth-order valence-corrected chi connectivity index (χ4v) is 3.98. The molecule has 0 spiro atoms. The van der Waals surface area contributed by atoms with Gasteiger partial charge >= 0.3 is 6.03 Å². The van der Waals surface area contributed by atoms with Crippen molar-refractivity contribution in [3.63, 3.8) is 0 Å². The quantitative estimate of drug-likeness (QED) is 0.258. The molecular formula is C28H31ClF3N3O4. The molecule has 1 aliphatic rings. The van der Waals surface area contributed by atoms with Crippen LogP contribution in [0.4, 0.5) is 23.8 Å². The lowest BCUT2D eigenvalue weighted by Crippen LogP contribution is -2.47. The van der Waals surface area contributed by atoms with Gasteiger partial charge in [-0.3, -0.25) is 4.90 Å². The van der Waals surface area contributed by atoms with Crippen molar-refractivity contribution in [1.29, 1.82) is 0 Å². The predicted molar refractivity (Wildman–Crippen MR) is 144 cm³/mol. The molecule has 2 aromatic rings. The van der Waals surface area contributed by atoms with Crippen molar-refractivity contribution in [2.75, 3.05) is 25.2 Å². The minimum atomic E-state index is -3.30. The molecule has 1 aromatic heterocycles. The van der Waals surface area contributed by atoms with Gasteiger partial charge in [0.1, 0.15) is 17.4 Å². The van der Waals surface area contributed by atoms with E-state index in [-0.39, 0.29) is 29.0 Å². The Morgan fingerprint density at radius 2 is 1.85 bits per heavy atom. The van der Waals surface area contributed by atoms with E-state index in [2.05, 4.69) is 4.98 Å². The van der Waals surface area contributed by atoms with Gasteiger partial charge in [0.25, 0.3) is 5.92 Å². The van der Waals surface area contributed by atoms with Crippen LogP contribution in [0.1, 0.15) is 40.5 Å². The van der Waals surface area contributed by atoms with E-state index in [4.69, 9.17) is 25.8 Å². The molecule has 0 aliphatic carbocycles. The Morgan fingerprint density at radius 1 is 1.15 bits per heavy atom. The summed E-state index contributed by atoms with van der Waals surface area (Å²) in [6.45, 7) is 6.92. The zero-order valence-electron chi connectivity index (χ0n) is 22.4. The van der Waals surface area contributed by atoms with Crippen molar-refractivity contribution in [1.82, 2.24) is 9.88 Å². The summed E-state index contributed by atoms with van der Waals surface area (Å²) in [6, 6.07) is 6.77. The van der Waals surface area contributed by atoms with Crippen LogP contribution in [0, 0.1) is 5.82 Å². The molecule has 2 amide bonds. The molecule has 0 bridgehead atoms. The minimum Gasteiger partial charge on any atom is -0.495 e. The largest absolute Gasteiger partial charge is 0.495 e. The number of anilines is 1. The lowest BCUT2D eigenvalue weighted by atomic mass is 10.1. The first-order valence-electron chi connectivity index (χ1n) is 12.5. The van der Waals surface area contributed by atoms with Crippen LogP contribution in [0.25, 0.3) is 0 Å². The highest BCUT2D eigenvalue weighted by Gasteiger charge is 2.41. The van der Waals surface area contributed by atoms with Gasteiger partial charge in [0.05, 0.1) is 18.0 Å². The number of allylic oxidation sites excluding steroid dienone is 4. The molecule has 0 atom stereocenters. The second-order valence-corrected chi connectivity index (χ2v) is 8.97. The first-order chi connectivity index (χ1) is 18.5. The maximum absolute atomic E-state index is 15.2. The van der Waals surface area contributed by atoms with E-state index < -0.39 is 29.3 Å². The second kappa shape index (κ2) is 12.9. The highest BCUT2D eigenvalue weighted by molar-refractivity contribution is 6.32.